The second-order valence-electron chi connectivity index (χ2n) is 5.13. The van der Waals surface area contributed by atoms with Crippen molar-refractivity contribution in [2.45, 2.75) is 6.54 Å². The molecule has 0 amide bonds. The molecule has 9 heteroatoms. The van der Waals surface area contributed by atoms with Gasteiger partial charge in [0.05, 0.1) is 25.5 Å². The van der Waals surface area contributed by atoms with E-state index in [-0.39, 0.29) is 24.0 Å². The number of aliphatic imine (C=N–C) groups is 1. The van der Waals surface area contributed by atoms with Crippen LogP contribution < -0.4 is 10.5 Å². The topological polar surface area (TPSA) is 81.6 Å². The van der Waals surface area contributed by atoms with Crippen molar-refractivity contribution < 1.29 is 4.74 Å². The molecule has 0 radical (unpaired) electrons. The molecule has 0 spiro atoms. The molecule has 0 unspecified atom stereocenters. The van der Waals surface area contributed by atoms with Crippen LogP contribution in [-0.2, 0) is 6.54 Å². The molecule has 2 aromatic rings. The summed E-state index contributed by atoms with van der Waals surface area (Å²) in [4.78, 5) is 6.54. The van der Waals surface area contributed by atoms with E-state index in [9.17, 15) is 0 Å². The molecule has 2 heterocycles. The smallest absolute Gasteiger partial charge is 0.191 e. The Balaban J connectivity index is 0.00000208. The van der Waals surface area contributed by atoms with Crippen LogP contribution in [0.25, 0.3) is 5.69 Å². The van der Waals surface area contributed by atoms with Crippen LogP contribution in [0.5, 0.6) is 5.75 Å². The summed E-state index contributed by atoms with van der Waals surface area (Å²) in [6.45, 7) is 2.35. The molecule has 7 nitrogen and oxygen atoms in total. The lowest BCUT2D eigenvalue weighted by molar-refractivity contribution is 0.414. The maximum absolute atomic E-state index is 6.04. The highest BCUT2D eigenvalue weighted by Gasteiger charge is 2.12. The quantitative estimate of drug-likeness (QED) is 0.426. The summed E-state index contributed by atoms with van der Waals surface area (Å²) in [5.41, 5.74) is 7.76. The molecule has 24 heavy (non-hydrogen) atoms. The Morgan fingerprint density at radius 1 is 1.29 bits per heavy atom. The number of guanidine groups is 1. The number of hydrogen-bond acceptors (Lipinski definition) is 5. The first-order chi connectivity index (χ1) is 11.3. The minimum absolute atomic E-state index is 0. The maximum Gasteiger partial charge on any atom is 0.191 e. The predicted molar refractivity (Wildman–Crippen MR) is 108 cm³/mol. The van der Waals surface area contributed by atoms with Gasteiger partial charge in [-0.2, -0.15) is 11.8 Å². The third-order valence-electron chi connectivity index (χ3n) is 3.62. The predicted octanol–water partition coefficient (Wildman–Crippen LogP) is 1.76. The highest BCUT2D eigenvalue weighted by atomic mass is 127. The van der Waals surface area contributed by atoms with Gasteiger partial charge in [0, 0.05) is 24.6 Å². The Morgan fingerprint density at radius 3 is 2.67 bits per heavy atom. The van der Waals surface area contributed by atoms with Crippen LogP contribution in [0, 0.1) is 0 Å². The van der Waals surface area contributed by atoms with E-state index in [1.807, 2.05) is 42.2 Å². The van der Waals surface area contributed by atoms with Gasteiger partial charge in [0.15, 0.2) is 5.96 Å². The Kier molecular flexibility index (Phi) is 7.16. The monoisotopic (exact) mass is 460 g/mol. The number of benzene rings is 1. The van der Waals surface area contributed by atoms with Crippen molar-refractivity contribution in [1.29, 1.82) is 0 Å². The molecule has 3 rings (SSSR count). The lowest BCUT2D eigenvalue weighted by atomic mass is 10.3. The van der Waals surface area contributed by atoms with Gasteiger partial charge in [-0.3, -0.25) is 0 Å². The molecule has 1 aliphatic heterocycles. The number of thioether (sulfide) groups is 1. The summed E-state index contributed by atoms with van der Waals surface area (Å²) in [6, 6.07) is 7.64. The Bertz CT molecular complexity index is 669. The molecule has 1 aromatic heterocycles. The van der Waals surface area contributed by atoms with Crippen LogP contribution in [0.1, 0.15) is 5.69 Å². The average molecular weight is 460 g/mol. The van der Waals surface area contributed by atoms with E-state index in [0.717, 1.165) is 41.7 Å². The number of hydrogen-bond donors (Lipinski definition) is 1. The lowest BCUT2D eigenvalue weighted by Gasteiger charge is -2.27. The molecule has 0 aliphatic carbocycles. The molecule has 1 fully saturated rings. The largest absolute Gasteiger partial charge is 0.497 e. The van der Waals surface area contributed by atoms with E-state index in [0.29, 0.717) is 12.5 Å². The van der Waals surface area contributed by atoms with E-state index in [1.54, 1.807) is 11.8 Å². The second kappa shape index (κ2) is 9.11. The van der Waals surface area contributed by atoms with Gasteiger partial charge in [-0.1, -0.05) is 5.21 Å². The molecule has 0 bridgehead atoms. The first-order valence-electron chi connectivity index (χ1n) is 7.44. The first-order valence-corrected chi connectivity index (χ1v) is 8.60. The van der Waals surface area contributed by atoms with E-state index < -0.39 is 0 Å². The van der Waals surface area contributed by atoms with Crippen molar-refractivity contribution in [3.8, 4) is 11.4 Å². The van der Waals surface area contributed by atoms with Gasteiger partial charge in [-0.15, -0.1) is 29.1 Å². The Hall–Kier alpha value is -1.49. The van der Waals surface area contributed by atoms with Crippen molar-refractivity contribution in [1.82, 2.24) is 19.9 Å². The summed E-state index contributed by atoms with van der Waals surface area (Å²) in [7, 11) is 1.64. The van der Waals surface area contributed by atoms with E-state index >= 15 is 0 Å². The number of nitrogens with two attached hydrogens (primary N) is 1. The standard InChI is InChI=1S/C15H20N6OS.HI/c1-22-14-4-2-13(3-5-14)21-11-12(18-19-21)10-17-15(16)20-6-8-23-9-7-20;/h2-5,11H,6-10H2,1H3,(H2,16,17);1H. The summed E-state index contributed by atoms with van der Waals surface area (Å²) in [6.07, 6.45) is 1.87. The van der Waals surface area contributed by atoms with Crippen molar-refractivity contribution in [2.24, 2.45) is 10.7 Å². The normalized spacial score (nSPS) is 15.0. The second-order valence-corrected chi connectivity index (χ2v) is 6.35. The zero-order valence-corrected chi connectivity index (χ0v) is 16.6. The van der Waals surface area contributed by atoms with Crippen LogP contribution in [0.4, 0.5) is 0 Å². The van der Waals surface area contributed by atoms with Gasteiger partial charge >= 0.3 is 0 Å². The summed E-state index contributed by atoms with van der Waals surface area (Å²) in [5.74, 6) is 3.60. The molecule has 0 saturated carbocycles. The van der Waals surface area contributed by atoms with E-state index in [1.165, 1.54) is 0 Å². The Labute approximate surface area is 162 Å². The average Bonchev–Trinajstić information content (AvgIpc) is 3.09. The van der Waals surface area contributed by atoms with Crippen molar-refractivity contribution in [2.75, 3.05) is 31.7 Å². The zero-order valence-electron chi connectivity index (χ0n) is 13.5. The van der Waals surface area contributed by atoms with Crippen LogP contribution >= 0.6 is 35.7 Å². The SMILES string of the molecule is COc1ccc(-n2cc(CN=C(N)N3CCSCC3)nn2)cc1.I. The number of halogens is 1. The first kappa shape index (κ1) is 18.8. The zero-order chi connectivity index (χ0) is 16.1. The van der Waals surface area contributed by atoms with Gasteiger partial charge in [-0.25, -0.2) is 9.67 Å². The van der Waals surface area contributed by atoms with Crippen molar-refractivity contribution in [3.63, 3.8) is 0 Å². The van der Waals surface area contributed by atoms with Gasteiger partial charge < -0.3 is 15.4 Å². The van der Waals surface area contributed by atoms with Gasteiger partial charge in [0.2, 0.25) is 0 Å². The molecule has 0 atom stereocenters. The highest BCUT2D eigenvalue weighted by Crippen LogP contribution is 2.14. The fourth-order valence-electron chi connectivity index (χ4n) is 2.29. The molecule has 1 saturated heterocycles. The van der Waals surface area contributed by atoms with Crippen LogP contribution in [0.3, 0.4) is 0 Å². The van der Waals surface area contributed by atoms with Crippen LogP contribution in [-0.4, -0.2) is 57.6 Å². The minimum atomic E-state index is 0. The van der Waals surface area contributed by atoms with Crippen LogP contribution in [0.2, 0.25) is 0 Å². The number of rotatable bonds is 4. The summed E-state index contributed by atoms with van der Waals surface area (Å²) in [5, 5.41) is 8.28. The molecular weight excluding hydrogens is 439 g/mol. The maximum atomic E-state index is 6.04. The third-order valence-corrected chi connectivity index (χ3v) is 4.56. The summed E-state index contributed by atoms with van der Waals surface area (Å²) < 4.78 is 6.87. The lowest BCUT2D eigenvalue weighted by Crippen LogP contribution is -2.42. The molecular formula is C15H21IN6OS. The van der Waals surface area contributed by atoms with Crippen LogP contribution in [0.15, 0.2) is 35.5 Å². The van der Waals surface area contributed by atoms with Gasteiger partial charge in [0.25, 0.3) is 0 Å². The summed E-state index contributed by atoms with van der Waals surface area (Å²) >= 11 is 1.95. The van der Waals surface area contributed by atoms with Crippen molar-refractivity contribution in [3.05, 3.63) is 36.2 Å². The van der Waals surface area contributed by atoms with E-state index in [2.05, 4.69) is 20.2 Å². The van der Waals surface area contributed by atoms with E-state index in [4.69, 9.17) is 10.5 Å². The number of methoxy groups -OCH3 is 1. The van der Waals surface area contributed by atoms with Gasteiger partial charge in [0.1, 0.15) is 11.4 Å². The number of nitrogens with zero attached hydrogens (tertiary/aromatic N) is 5. The fourth-order valence-corrected chi connectivity index (χ4v) is 3.19. The fraction of sp³-hybridized carbons (Fsp3) is 0.400. The molecule has 130 valence electrons. The molecule has 1 aromatic carbocycles. The molecule has 1 aliphatic rings. The molecule has 2 N–H and O–H groups in total. The Morgan fingerprint density at radius 2 is 2.00 bits per heavy atom. The number of aromatic nitrogens is 3. The highest BCUT2D eigenvalue weighted by molar-refractivity contribution is 14.0. The third kappa shape index (κ3) is 4.76. The van der Waals surface area contributed by atoms with Crippen molar-refractivity contribution >= 4 is 41.7 Å². The van der Waals surface area contributed by atoms with Gasteiger partial charge in [-0.05, 0) is 24.3 Å². The minimum Gasteiger partial charge on any atom is -0.497 e. The number of ether oxygens (including phenoxy) is 1.